The van der Waals surface area contributed by atoms with Crippen LogP contribution < -0.4 is 15.4 Å². The van der Waals surface area contributed by atoms with Crippen molar-refractivity contribution in [3.05, 3.63) is 105 Å². The quantitative estimate of drug-likeness (QED) is 0.195. The van der Waals surface area contributed by atoms with Gasteiger partial charge in [0.15, 0.2) is 0 Å². The highest BCUT2D eigenvalue weighted by Gasteiger charge is 2.35. The topological polar surface area (TPSA) is 131 Å². The first-order valence-corrected chi connectivity index (χ1v) is 11.5. The molecule has 3 aromatic carbocycles. The van der Waals surface area contributed by atoms with E-state index in [9.17, 15) is 24.5 Å². The molecule has 37 heavy (non-hydrogen) atoms. The van der Waals surface area contributed by atoms with Crippen molar-refractivity contribution in [2.24, 2.45) is 0 Å². The second-order valence-corrected chi connectivity index (χ2v) is 8.19. The van der Waals surface area contributed by atoms with Crippen LogP contribution in [0.2, 0.25) is 0 Å². The number of carbonyl (C=O) groups excluding carboxylic acids is 3. The summed E-state index contributed by atoms with van der Waals surface area (Å²) in [6.07, 6.45) is 2.20. The van der Waals surface area contributed by atoms with Crippen LogP contribution in [-0.4, -0.2) is 34.2 Å². The Balaban J connectivity index is 1.44. The van der Waals surface area contributed by atoms with Gasteiger partial charge in [-0.2, -0.15) is 0 Å². The van der Waals surface area contributed by atoms with Crippen molar-refractivity contribution in [2.45, 2.75) is 20.0 Å². The molecule has 4 amide bonds. The zero-order valence-corrected chi connectivity index (χ0v) is 20.0. The Labute approximate surface area is 212 Å². The van der Waals surface area contributed by atoms with E-state index in [0.29, 0.717) is 17.0 Å². The molecule has 0 aromatic heterocycles. The Morgan fingerprint density at radius 1 is 1.05 bits per heavy atom. The molecule has 1 saturated heterocycles. The van der Waals surface area contributed by atoms with E-state index in [4.69, 9.17) is 4.74 Å². The number of anilines is 1. The molecule has 3 aromatic rings. The van der Waals surface area contributed by atoms with Crippen LogP contribution in [0, 0.1) is 10.1 Å². The van der Waals surface area contributed by atoms with Gasteiger partial charge in [0.25, 0.3) is 11.6 Å². The molecule has 10 nitrogen and oxygen atoms in total. The monoisotopic (exact) mass is 500 g/mol. The average molecular weight is 501 g/mol. The van der Waals surface area contributed by atoms with E-state index in [0.717, 1.165) is 22.4 Å². The van der Waals surface area contributed by atoms with Gasteiger partial charge < -0.3 is 15.4 Å². The van der Waals surface area contributed by atoms with E-state index in [-0.39, 0.29) is 18.0 Å². The van der Waals surface area contributed by atoms with Crippen molar-refractivity contribution in [1.82, 2.24) is 10.2 Å². The van der Waals surface area contributed by atoms with Gasteiger partial charge in [0.05, 0.1) is 4.92 Å². The number of rotatable bonds is 9. The zero-order valence-electron chi connectivity index (χ0n) is 20.0. The Morgan fingerprint density at radius 2 is 1.76 bits per heavy atom. The molecule has 1 fully saturated rings. The van der Waals surface area contributed by atoms with Gasteiger partial charge in [0, 0.05) is 23.4 Å². The Morgan fingerprint density at radius 3 is 2.49 bits per heavy atom. The van der Waals surface area contributed by atoms with Crippen molar-refractivity contribution in [3.63, 3.8) is 0 Å². The van der Waals surface area contributed by atoms with E-state index in [2.05, 4.69) is 10.6 Å². The number of amides is 4. The molecule has 0 bridgehead atoms. The van der Waals surface area contributed by atoms with E-state index >= 15 is 0 Å². The first-order chi connectivity index (χ1) is 17.9. The van der Waals surface area contributed by atoms with Gasteiger partial charge in [-0.25, -0.2) is 9.69 Å². The molecule has 0 spiro atoms. The number of hydrogen-bond donors (Lipinski definition) is 2. The number of non-ortho nitro benzene ring substituents is 1. The number of imide groups is 1. The number of hydrogen-bond acceptors (Lipinski definition) is 6. The summed E-state index contributed by atoms with van der Waals surface area (Å²) in [5.41, 5.74) is 2.84. The third kappa shape index (κ3) is 5.99. The zero-order chi connectivity index (χ0) is 26.4. The SMILES string of the molecule is CCc1ccccc1NC(=O)CN1C(=O)N/C(=C/c2ccccc2OCc2ccc([N+](=O)[O-])cc2)C1=O. The normalized spacial score (nSPS) is 14.0. The van der Waals surface area contributed by atoms with Gasteiger partial charge in [-0.1, -0.05) is 43.3 Å². The van der Waals surface area contributed by atoms with Crippen LogP contribution in [0.15, 0.2) is 78.5 Å². The molecule has 0 saturated carbocycles. The van der Waals surface area contributed by atoms with Gasteiger partial charge in [0.2, 0.25) is 5.91 Å². The van der Waals surface area contributed by atoms with Crippen LogP contribution in [0.1, 0.15) is 23.6 Å². The van der Waals surface area contributed by atoms with Gasteiger partial charge in [-0.3, -0.25) is 19.7 Å². The Hall–Kier alpha value is -4.99. The number of nitrogens with zero attached hydrogens (tertiary/aromatic N) is 2. The third-order valence-electron chi connectivity index (χ3n) is 5.70. The molecule has 188 valence electrons. The fourth-order valence-electron chi connectivity index (χ4n) is 3.76. The molecule has 2 N–H and O–H groups in total. The maximum atomic E-state index is 12.9. The molecular formula is C27H24N4O6. The lowest BCUT2D eigenvalue weighted by atomic mass is 10.1. The molecule has 1 aliphatic rings. The Bertz CT molecular complexity index is 1380. The van der Waals surface area contributed by atoms with E-state index in [1.165, 1.54) is 18.2 Å². The number of ether oxygens (including phenoxy) is 1. The summed E-state index contributed by atoms with van der Waals surface area (Å²) < 4.78 is 5.86. The summed E-state index contributed by atoms with van der Waals surface area (Å²) in [7, 11) is 0. The summed E-state index contributed by atoms with van der Waals surface area (Å²) in [4.78, 5) is 49.1. The van der Waals surface area contributed by atoms with E-state index in [1.807, 2.05) is 19.1 Å². The number of nitro groups is 1. The van der Waals surface area contributed by atoms with Crippen molar-refractivity contribution in [3.8, 4) is 5.75 Å². The van der Waals surface area contributed by atoms with Crippen molar-refractivity contribution in [2.75, 3.05) is 11.9 Å². The minimum atomic E-state index is -0.695. The second kappa shape index (κ2) is 11.2. The molecule has 0 radical (unpaired) electrons. The predicted molar refractivity (Wildman–Crippen MR) is 137 cm³/mol. The van der Waals surface area contributed by atoms with Gasteiger partial charge in [0.1, 0.15) is 24.6 Å². The summed E-state index contributed by atoms with van der Waals surface area (Å²) in [5.74, 6) is -0.672. The molecule has 4 rings (SSSR count). The lowest BCUT2D eigenvalue weighted by Crippen LogP contribution is -2.38. The van der Waals surface area contributed by atoms with Crippen LogP contribution in [-0.2, 0) is 22.6 Å². The van der Waals surface area contributed by atoms with E-state index < -0.39 is 29.3 Å². The summed E-state index contributed by atoms with van der Waals surface area (Å²) in [5, 5.41) is 16.1. The largest absolute Gasteiger partial charge is 0.488 e. The number of nitro benzene ring substituents is 1. The molecular weight excluding hydrogens is 476 g/mol. The highest BCUT2D eigenvalue weighted by molar-refractivity contribution is 6.16. The van der Waals surface area contributed by atoms with Crippen LogP contribution in [0.4, 0.5) is 16.2 Å². The summed E-state index contributed by atoms with van der Waals surface area (Å²) >= 11 is 0. The standard InChI is InChI=1S/C27H24N4O6/c1-2-19-7-3-5-9-22(19)28-25(32)16-30-26(33)23(29-27(30)34)15-20-8-4-6-10-24(20)37-17-18-11-13-21(14-12-18)31(35)36/h3-15H,2,16-17H2,1H3,(H,28,32)(H,29,34)/b23-15+. The maximum Gasteiger partial charge on any atom is 0.329 e. The number of para-hydroxylation sites is 2. The van der Waals surface area contributed by atoms with Crippen molar-refractivity contribution < 1.29 is 24.0 Å². The molecule has 0 atom stereocenters. The average Bonchev–Trinajstić information content (AvgIpc) is 3.16. The first-order valence-electron chi connectivity index (χ1n) is 11.5. The van der Waals surface area contributed by atoms with Gasteiger partial charge >= 0.3 is 6.03 Å². The molecule has 10 heteroatoms. The smallest absolute Gasteiger partial charge is 0.329 e. The van der Waals surface area contributed by atoms with Crippen LogP contribution in [0.25, 0.3) is 6.08 Å². The molecule has 1 heterocycles. The van der Waals surface area contributed by atoms with Crippen LogP contribution in [0.3, 0.4) is 0 Å². The molecule has 0 aliphatic carbocycles. The van der Waals surface area contributed by atoms with Crippen molar-refractivity contribution in [1.29, 1.82) is 0 Å². The molecule has 0 unspecified atom stereocenters. The van der Waals surface area contributed by atoms with Crippen LogP contribution >= 0.6 is 0 Å². The maximum absolute atomic E-state index is 12.9. The number of benzene rings is 3. The number of aryl methyl sites for hydroxylation is 1. The number of carbonyl (C=O) groups is 3. The fourth-order valence-corrected chi connectivity index (χ4v) is 3.76. The van der Waals surface area contributed by atoms with Gasteiger partial charge in [-0.05, 0) is 47.9 Å². The summed E-state index contributed by atoms with van der Waals surface area (Å²) in [6.45, 7) is 1.68. The third-order valence-corrected chi connectivity index (χ3v) is 5.70. The summed E-state index contributed by atoms with van der Waals surface area (Å²) in [6, 6.07) is 19.5. The number of urea groups is 1. The van der Waals surface area contributed by atoms with Crippen molar-refractivity contribution >= 4 is 35.3 Å². The fraction of sp³-hybridized carbons (Fsp3) is 0.148. The first kappa shape index (κ1) is 25.1. The predicted octanol–water partition coefficient (Wildman–Crippen LogP) is 4.27. The second-order valence-electron chi connectivity index (χ2n) is 8.19. The van der Waals surface area contributed by atoms with Crippen LogP contribution in [0.5, 0.6) is 5.75 Å². The minimum Gasteiger partial charge on any atom is -0.488 e. The number of nitrogens with one attached hydrogen (secondary N) is 2. The molecule has 1 aliphatic heterocycles. The lowest BCUT2D eigenvalue weighted by molar-refractivity contribution is -0.384. The van der Waals surface area contributed by atoms with E-state index in [1.54, 1.807) is 48.5 Å². The highest BCUT2D eigenvalue weighted by Crippen LogP contribution is 2.24. The lowest BCUT2D eigenvalue weighted by Gasteiger charge is -2.13. The highest BCUT2D eigenvalue weighted by atomic mass is 16.6. The Kier molecular flexibility index (Phi) is 7.58. The van der Waals surface area contributed by atoms with Gasteiger partial charge in [-0.15, -0.1) is 0 Å². The minimum absolute atomic E-state index is 0.0122.